The summed E-state index contributed by atoms with van der Waals surface area (Å²) in [5, 5.41) is 5.85. The Morgan fingerprint density at radius 3 is 2.88 bits per heavy atom. The lowest BCUT2D eigenvalue weighted by atomic mass is 10.1. The second kappa shape index (κ2) is 7.98. The van der Waals surface area contributed by atoms with Gasteiger partial charge in [-0.15, -0.1) is 11.3 Å². The number of nitrogens with one attached hydrogen (secondary N) is 1. The fourth-order valence-corrected chi connectivity index (χ4v) is 3.12. The lowest BCUT2D eigenvalue weighted by molar-refractivity contribution is -0.121. The third-order valence-electron chi connectivity index (χ3n) is 3.81. The fraction of sp³-hybridized carbons (Fsp3) is 0.263. The number of benzene rings is 1. The number of rotatable bonds is 7. The summed E-state index contributed by atoms with van der Waals surface area (Å²) in [6.45, 7) is 2.33. The van der Waals surface area contributed by atoms with E-state index in [4.69, 9.17) is 9.15 Å². The van der Waals surface area contributed by atoms with E-state index in [0.717, 1.165) is 27.8 Å². The first-order chi connectivity index (χ1) is 12.2. The highest BCUT2D eigenvalue weighted by atomic mass is 32.1. The van der Waals surface area contributed by atoms with Crippen LogP contribution >= 0.6 is 11.3 Å². The molecule has 0 saturated heterocycles. The minimum Gasteiger partial charge on any atom is -0.496 e. The Hall–Kier alpha value is -2.60. The molecule has 0 bridgehead atoms. The molecule has 1 N–H and O–H groups in total. The third-order valence-corrected chi connectivity index (χ3v) is 4.58. The van der Waals surface area contributed by atoms with E-state index < -0.39 is 0 Å². The Bertz CT molecular complexity index is 854. The van der Waals surface area contributed by atoms with Gasteiger partial charge >= 0.3 is 0 Å². The zero-order valence-corrected chi connectivity index (χ0v) is 15.1. The largest absolute Gasteiger partial charge is 0.496 e. The van der Waals surface area contributed by atoms with E-state index in [2.05, 4.69) is 10.3 Å². The van der Waals surface area contributed by atoms with Crippen LogP contribution in [0.25, 0.3) is 11.5 Å². The van der Waals surface area contributed by atoms with Crippen LogP contribution in [-0.2, 0) is 17.8 Å². The summed E-state index contributed by atoms with van der Waals surface area (Å²) in [4.78, 5) is 16.5. The van der Waals surface area contributed by atoms with Crippen LogP contribution in [0.2, 0.25) is 0 Å². The van der Waals surface area contributed by atoms with Crippen LogP contribution in [0.15, 0.2) is 46.2 Å². The number of amides is 1. The number of hydrogen-bond acceptors (Lipinski definition) is 5. The van der Waals surface area contributed by atoms with Crippen molar-refractivity contribution in [2.75, 3.05) is 7.11 Å². The molecule has 0 aliphatic rings. The van der Waals surface area contributed by atoms with Gasteiger partial charge in [-0.1, -0.05) is 18.2 Å². The summed E-state index contributed by atoms with van der Waals surface area (Å²) in [6.07, 6.45) is 1.04. The van der Waals surface area contributed by atoms with Crippen molar-refractivity contribution in [3.8, 4) is 17.2 Å². The van der Waals surface area contributed by atoms with Gasteiger partial charge in [-0.05, 0) is 37.1 Å². The first-order valence-corrected chi connectivity index (χ1v) is 8.93. The predicted octanol–water partition coefficient (Wildman–Crippen LogP) is 3.97. The summed E-state index contributed by atoms with van der Waals surface area (Å²) in [5.74, 6) is 2.23. The average molecular weight is 356 g/mol. The molecule has 1 aromatic carbocycles. The summed E-state index contributed by atoms with van der Waals surface area (Å²) in [5.41, 5.74) is 1.86. The van der Waals surface area contributed by atoms with Crippen molar-refractivity contribution in [1.29, 1.82) is 0 Å². The number of furan rings is 1. The normalized spacial score (nSPS) is 10.6. The number of ether oxygens (including phenoxy) is 1. The molecule has 0 saturated carbocycles. The van der Waals surface area contributed by atoms with Crippen LogP contribution in [0.3, 0.4) is 0 Å². The monoisotopic (exact) mass is 356 g/mol. The van der Waals surface area contributed by atoms with Crippen molar-refractivity contribution in [2.45, 2.75) is 26.3 Å². The molecule has 5 nitrogen and oxygen atoms in total. The number of aromatic nitrogens is 1. The minimum atomic E-state index is -0.0200. The van der Waals surface area contributed by atoms with Gasteiger partial charge in [0, 0.05) is 11.8 Å². The highest BCUT2D eigenvalue weighted by molar-refractivity contribution is 7.09. The molecule has 3 aromatic rings. The molecule has 0 unspecified atom stereocenters. The SMILES string of the molecule is COc1ccccc1CCC(=O)NCc1ccc(-c2csc(C)n2)o1. The molecule has 3 rings (SSSR count). The average Bonchev–Trinajstić information content (AvgIpc) is 3.27. The molecule has 1 amide bonds. The first kappa shape index (κ1) is 17.2. The van der Waals surface area contributed by atoms with Gasteiger partial charge in [0.1, 0.15) is 17.2 Å². The lowest BCUT2D eigenvalue weighted by Gasteiger charge is -2.08. The molecule has 2 heterocycles. The second-order valence-corrected chi connectivity index (χ2v) is 6.67. The van der Waals surface area contributed by atoms with Gasteiger partial charge in [-0.2, -0.15) is 0 Å². The molecule has 0 aliphatic heterocycles. The Morgan fingerprint density at radius 2 is 2.12 bits per heavy atom. The number of nitrogens with zero attached hydrogens (tertiary/aromatic N) is 1. The van der Waals surface area contributed by atoms with Gasteiger partial charge in [0.15, 0.2) is 5.76 Å². The van der Waals surface area contributed by atoms with Crippen LogP contribution < -0.4 is 10.1 Å². The maximum atomic E-state index is 12.1. The van der Waals surface area contributed by atoms with Crippen LogP contribution in [-0.4, -0.2) is 18.0 Å². The molecular weight excluding hydrogens is 336 g/mol. The number of para-hydroxylation sites is 1. The van der Waals surface area contributed by atoms with E-state index in [1.807, 2.05) is 48.7 Å². The lowest BCUT2D eigenvalue weighted by Crippen LogP contribution is -2.22. The van der Waals surface area contributed by atoms with Gasteiger partial charge in [0.2, 0.25) is 5.91 Å². The van der Waals surface area contributed by atoms with Gasteiger partial charge in [0.05, 0.1) is 18.7 Å². The van der Waals surface area contributed by atoms with Crippen LogP contribution in [0.5, 0.6) is 5.75 Å². The zero-order valence-electron chi connectivity index (χ0n) is 14.2. The van der Waals surface area contributed by atoms with Gasteiger partial charge < -0.3 is 14.5 Å². The maximum absolute atomic E-state index is 12.1. The third kappa shape index (κ3) is 4.48. The van der Waals surface area contributed by atoms with E-state index >= 15 is 0 Å². The summed E-state index contributed by atoms with van der Waals surface area (Å²) in [6, 6.07) is 11.5. The van der Waals surface area contributed by atoms with Gasteiger partial charge in [-0.3, -0.25) is 4.79 Å². The molecule has 2 aromatic heterocycles. The molecule has 0 aliphatic carbocycles. The Kier molecular flexibility index (Phi) is 5.50. The molecule has 25 heavy (non-hydrogen) atoms. The first-order valence-electron chi connectivity index (χ1n) is 8.05. The zero-order chi connectivity index (χ0) is 17.6. The number of methoxy groups -OCH3 is 1. The standard InChI is InChI=1S/C19H20N2O3S/c1-13-21-16(12-25-13)18-9-8-15(24-18)11-20-19(22)10-7-14-5-3-4-6-17(14)23-2/h3-6,8-9,12H,7,10-11H2,1-2H3,(H,20,22). The highest BCUT2D eigenvalue weighted by Gasteiger charge is 2.10. The van der Waals surface area contributed by atoms with Gasteiger partial charge in [-0.25, -0.2) is 4.98 Å². The van der Waals surface area contributed by atoms with Crippen molar-refractivity contribution >= 4 is 17.2 Å². The van der Waals surface area contributed by atoms with E-state index in [-0.39, 0.29) is 5.91 Å². The predicted molar refractivity (Wildman–Crippen MR) is 97.7 cm³/mol. The van der Waals surface area contributed by atoms with Gasteiger partial charge in [0.25, 0.3) is 0 Å². The highest BCUT2D eigenvalue weighted by Crippen LogP contribution is 2.23. The molecule has 130 valence electrons. The molecule has 6 heteroatoms. The number of hydrogen-bond donors (Lipinski definition) is 1. The van der Waals surface area contributed by atoms with Crippen molar-refractivity contribution in [3.63, 3.8) is 0 Å². The van der Waals surface area contributed by atoms with Crippen LogP contribution in [0.4, 0.5) is 0 Å². The van der Waals surface area contributed by atoms with E-state index in [0.29, 0.717) is 25.1 Å². The fourth-order valence-electron chi connectivity index (χ4n) is 2.52. The van der Waals surface area contributed by atoms with Crippen molar-refractivity contribution < 1.29 is 13.9 Å². The van der Waals surface area contributed by atoms with Crippen molar-refractivity contribution in [2.24, 2.45) is 0 Å². The van der Waals surface area contributed by atoms with Crippen molar-refractivity contribution in [1.82, 2.24) is 10.3 Å². The summed E-state index contributed by atoms with van der Waals surface area (Å²) >= 11 is 1.58. The van der Waals surface area contributed by atoms with E-state index in [9.17, 15) is 4.79 Å². The van der Waals surface area contributed by atoms with E-state index in [1.54, 1.807) is 18.4 Å². The minimum absolute atomic E-state index is 0.0200. The molecule has 0 radical (unpaired) electrons. The molecule has 0 atom stereocenters. The number of thiazole rings is 1. The molecule has 0 fully saturated rings. The second-order valence-electron chi connectivity index (χ2n) is 5.61. The van der Waals surface area contributed by atoms with E-state index in [1.165, 1.54) is 0 Å². The Labute approximate surface area is 150 Å². The molecular formula is C19H20N2O3S. The Balaban J connectivity index is 1.50. The summed E-state index contributed by atoms with van der Waals surface area (Å²) < 4.78 is 11.0. The quantitative estimate of drug-likeness (QED) is 0.696. The van der Waals surface area contributed by atoms with Crippen LogP contribution in [0, 0.1) is 6.92 Å². The Morgan fingerprint density at radius 1 is 1.28 bits per heavy atom. The number of aryl methyl sites for hydroxylation is 2. The maximum Gasteiger partial charge on any atom is 0.220 e. The number of carbonyl (C=O) groups is 1. The smallest absolute Gasteiger partial charge is 0.220 e. The number of carbonyl (C=O) groups excluding carboxylic acids is 1. The van der Waals surface area contributed by atoms with Crippen molar-refractivity contribution in [3.05, 3.63) is 58.1 Å². The molecule has 0 spiro atoms. The summed E-state index contributed by atoms with van der Waals surface area (Å²) in [7, 11) is 1.64. The van der Waals surface area contributed by atoms with Crippen LogP contribution in [0.1, 0.15) is 22.8 Å². The topological polar surface area (TPSA) is 64.4 Å².